The number of halogens is 1. The summed E-state index contributed by atoms with van der Waals surface area (Å²) in [6.07, 6.45) is 0.513. The summed E-state index contributed by atoms with van der Waals surface area (Å²) in [4.78, 5) is 11.4. The second-order valence-electron chi connectivity index (χ2n) is 4.84. The lowest BCUT2D eigenvalue weighted by molar-refractivity contribution is -0.121. The van der Waals surface area contributed by atoms with E-state index in [2.05, 4.69) is 5.32 Å². The first kappa shape index (κ1) is 18.0. The first-order valence-electron chi connectivity index (χ1n) is 6.92. The quantitative estimate of drug-likeness (QED) is 0.858. The van der Waals surface area contributed by atoms with Crippen LogP contribution in [0.1, 0.15) is 11.1 Å². The molecule has 0 radical (unpaired) electrons. The van der Waals surface area contributed by atoms with Gasteiger partial charge in [0.25, 0.3) is 0 Å². The summed E-state index contributed by atoms with van der Waals surface area (Å²) in [6, 6.07) is 17.1. The highest BCUT2D eigenvalue weighted by Gasteiger charge is 2.11. The maximum absolute atomic E-state index is 11.4. The third-order valence-corrected chi connectivity index (χ3v) is 3.21. The molecular formula is C17H21ClN2O2. The summed E-state index contributed by atoms with van der Waals surface area (Å²) in [5.41, 5.74) is 7.93. The number of benzene rings is 2. The number of carbonyl (C=O) groups is 1. The van der Waals surface area contributed by atoms with Crippen LogP contribution < -0.4 is 15.8 Å². The SMILES string of the molecule is CNC(=O)[C@@H](N)Cc1ccc(OCc2ccccc2)cc1.Cl. The molecule has 0 saturated carbocycles. The molecule has 4 nitrogen and oxygen atoms in total. The number of amides is 1. The topological polar surface area (TPSA) is 64.4 Å². The standard InChI is InChI=1S/C17H20N2O2.ClH/c1-19-17(20)16(18)11-13-7-9-15(10-8-13)21-12-14-5-3-2-4-6-14;/h2-10,16H,11-12,18H2,1H3,(H,19,20);1H/t16-;/m0./s1. The van der Waals surface area contributed by atoms with E-state index in [1.165, 1.54) is 0 Å². The Bertz CT molecular complexity index is 573. The zero-order valence-corrected chi connectivity index (χ0v) is 13.3. The first-order chi connectivity index (χ1) is 10.2. The summed E-state index contributed by atoms with van der Waals surface area (Å²) in [7, 11) is 1.59. The van der Waals surface area contributed by atoms with Crippen LogP contribution in [0.4, 0.5) is 0 Å². The molecule has 0 unspecified atom stereocenters. The molecule has 0 fully saturated rings. The Labute approximate surface area is 137 Å². The summed E-state index contributed by atoms with van der Waals surface area (Å²) in [6.45, 7) is 0.540. The van der Waals surface area contributed by atoms with Gasteiger partial charge >= 0.3 is 0 Å². The minimum absolute atomic E-state index is 0. The van der Waals surface area contributed by atoms with Gasteiger partial charge in [-0.1, -0.05) is 42.5 Å². The van der Waals surface area contributed by atoms with Gasteiger partial charge in [0.1, 0.15) is 12.4 Å². The van der Waals surface area contributed by atoms with Crippen LogP contribution in [-0.2, 0) is 17.8 Å². The molecule has 1 amide bonds. The molecule has 0 heterocycles. The van der Waals surface area contributed by atoms with E-state index in [4.69, 9.17) is 10.5 Å². The van der Waals surface area contributed by atoms with Gasteiger partial charge in [0.05, 0.1) is 6.04 Å². The molecule has 22 heavy (non-hydrogen) atoms. The fourth-order valence-electron chi connectivity index (χ4n) is 1.99. The number of nitrogens with two attached hydrogens (primary N) is 1. The molecule has 0 aromatic heterocycles. The first-order valence-corrected chi connectivity index (χ1v) is 6.92. The van der Waals surface area contributed by atoms with Gasteiger partial charge in [-0.3, -0.25) is 4.79 Å². The normalized spacial score (nSPS) is 11.2. The van der Waals surface area contributed by atoms with Crippen LogP contribution >= 0.6 is 12.4 Å². The third kappa shape index (κ3) is 5.39. The molecular weight excluding hydrogens is 300 g/mol. The van der Waals surface area contributed by atoms with Crippen LogP contribution in [-0.4, -0.2) is 19.0 Å². The van der Waals surface area contributed by atoms with Crippen molar-refractivity contribution in [2.24, 2.45) is 5.73 Å². The van der Waals surface area contributed by atoms with E-state index in [1.54, 1.807) is 7.05 Å². The summed E-state index contributed by atoms with van der Waals surface area (Å²) >= 11 is 0. The van der Waals surface area contributed by atoms with E-state index >= 15 is 0 Å². The Morgan fingerprint density at radius 1 is 1.09 bits per heavy atom. The highest BCUT2D eigenvalue weighted by atomic mass is 35.5. The van der Waals surface area contributed by atoms with E-state index in [-0.39, 0.29) is 18.3 Å². The Morgan fingerprint density at radius 2 is 1.73 bits per heavy atom. The lowest BCUT2D eigenvalue weighted by atomic mass is 10.1. The van der Waals surface area contributed by atoms with Crippen molar-refractivity contribution >= 4 is 18.3 Å². The zero-order valence-electron chi connectivity index (χ0n) is 12.5. The monoisotopic (exact) mass is 320 g/mol. The van der Waals surface area contributed by atoms with Crippen LogP contribution in [0.15, 0.2) is 54.6 Å². The van der Waals surface area contributed by atoms with Crippen molar-refractivity contribution in [2.45, 2.75) is 19.1 Å². The molecule has 0 bridgehead atoms. The number of carbonyl (C=O) groups excluding carboxylic acids is 1. The van der Waals surface area contributed by atoms with E-state index in [0.717, 1.165) is 16.9 Å². The number of likely N-dealkylation sites (N-methyl/N-ethyl adjacent to an activating group) is 1. The predicted octanol–water partition coefficient (Wildman–Crippen LogP) is 2.30. The highest BCUT2D eigenvalue weighted by Crippen LogP contribution is 2.15. The molecule has 3 N–H and O–H groups in total. The number of hydrogen-bond donors (Lipinski definition) is 2. The highest BCUT2D eigenvalue weighted by molar-refractivity contribution is 5.85. The van der Waals surface area contributed by atoms with E-state index in [0.29, 0.717) is 13.0 Å². The van der Waals surface area contributed by atoms with Crippen molar-refractivity contribution in [2.75, 3.05) is 7.05 Å². The average Bonchev–Trinajstić information content (AvgIpc) is 2.54. The lowest BCUT2D eigenvalue weighted by Crippen LogP contribution is -2.40. The summed E-state index contributed by atoms with van der Waals surface area (Å²) in [5.74, 6) is 0.649. The van der Waals surface area contributed by atoms with Gasteiger partial charge in [0.15, 0.2) is 0 Å². The van der Waals surface area contributed by atoms with Gasteiger partial charge in [0.2, 0.25) is 5.91 Å². The van der Waals surface area contributed by atoms with Crippen molar-refractivity contribution in [3.8, 4) is 5.75 Å². The smallest absolute Gasteiger partial charge is 0.237 e. The molecule has 2 rings (SSSR count). The fraction of sp³-hybridized carbons (Fsp3) is 0.235. The van der Waals surface area contributed by atoms with Crippen LogP contribution in [0, 0.1) is 0 Å². The van der Waals surface area contributed by atoms with Gasteiger partial charge < -0.3 is 15.8 Å². The van der Waals surface area contributed by atoms with E-state index in [1.807, 2.05) is 54.6 Å². The molecule has 0 aliphatic heterocycles. The lowest BCUT2D eigenvalue weighted by Gasteiger charge is -2.11. The van der Waals surface area contributed by atoms with Gasteiger partial charge in [-0.2, -0.15) is 0 Å². The average molecular weight is 321 g/mol. The Balaban J connectivity index is 0.00000242. The molecule has 0 spiro atoms. The minimum Gasteiger partial charge on any atom is -0.489 e. The van der Waals surface area contributed by atoms with Crippen molar-refractivity contribution in [3.63, 3.8) is 0 Å². The Morgan fingerprint density at radius 3 is 2.32 bits per heavy atom. The van der Waals surface area contributed by atoms with Crippen molar-refractivity contribution in [3.05, 3.63) is 65.7 Å². The molecule has 1 atom stereocenters. The van der Waals surface area contributed by atoms with Crippen LogP contribution in [0.25, 0.3) is 0 Å². The minimum atomic E-state index is -0.522. The van der Waals surface area contributed by atoms with Gasteiger partial charge in [-0.15, -0.1) is 12.4 Å². The van der Waals surface area contributed by atoms with Gasteiger partial charge in [-0.25, -0.2) is 0 Å². The maximum atomic E-state index is 11.4. The fourth-order valence-corrected chi connectivity index (χ4v) is 1.99. The van der Waals surface area contributed by atoms with Crippen LogP contribution in [0.2, 0.25) is 0 Å². The molecule has 0 aliphatic carbocycles. The van der Waals surface area contributed by atoms with E-state index < -0.39 is 6.04 Å². The van der Waals surface area contributed by atoms with E-state index in [9.17, 15) is 4.79 Å². The van der Waals surface area contributed by atoms with Gasteiger partial charge in [-0.05, 0) is 29.7 Å². The molecule has 2 aromatic rings. The maximum Gasteiger partial charge on any atom is 0.237 e. The van der Waals surface area contributed by atoms with Crippen molar-refractivity contribution in [1.29, 1.82) is 0 Å². The largest absolute Gasteiger partial charge is 0.489 e. The molecule has 5 heteroatoms. The zero-order chi connectivity index (χ0) is 15.1. The number of nitrogens with one attached hydrogen (secondary N) is 1. The molecule has 0 saturated heterocycles. The summed E-state index contributed by atoms with van der Waals surface area (Å²) in [5, 5.41) is 2.55. The van der Waals surface area contributed by atoms with Crippen LogP contribution in [0.5, 0.6) is 5.75 Å². The van der Waals surface area contributed by atoms with Gasteiger partial charge in [0, 0.05) is 7.05 Å². The Hall–Kier alpha value is -2.04. The predicted molar refractivity (Wildman–Crippen MR) is 90.2 cm³/mol. The van der Waals surface area contributed by atoms with Crippen molar-refractivity contribution < 1.29 is 9.53 Å². The molecule has 0 aliphatic rings. The van der Waals surface area contributed by atoms with Crippen LogP contribution in [0.3, 0.4) is 0 Å². The second-order valence-corrected chi connectivity index (χ2v) is 4.84. The molecule has 118 valence electrons. The Kier molecular flexibility index (Phi) is 7.43. The molecule has 2 aromatic carbocycles. The number of hydrogen-bond acceptors (Lipinski definition) is 3. The number of rotatable bonds is 6. The second kappa shape index (κ2) is 9.07. The third-order valence-electron chi connectivity index (χ3n) is 3.21. The summed E-state index contributed by atoms with van der Waals surface area (Å²) < 4.78 is 5.71. The number of ether oxygens (including phenoxy) is 1. The van der Waals surface area contributed by atoms with Crippen molar-refractivity contribution in [1.82, 2.24) is 5.32 Å².